The van der Waals surface area contributed by atoms with E-state index in [1.54, 1.807) is 0 Å². The molecule has 0 bridgehead atoms. The van der Waals surface area contributed by atoms with E-state index >= 15 is 0 Å². The summed E-state index contributed by atoms with van der Waals surface area (Å²) < 4.78 is 21.3. The van der Waals surface area contributed by atoms with Crippen molar-refractivity contribution in [2.45, 2.75) is 13.1 Å². The number of fused-ring (bicyclic) bond motifs is 2. The fourth-order valence-corrected chi connectivity index (χ4v) is 3.94. The molecule has 1 amide bonds. The summed E-state index contributed by atoms with van der Waals surface area (Å²) in [5, 5.41) is 5.09. The SMILES string of the molecule is O=C(NCc1nc2ccccc2n1CCOc1cccc2ccccc12)c1ccc(F)cc1. The van der Waals surface area contributed by atoms with Crippen LogP contribution in [-0.2, 0) is 13.1 Å². The second kappa shape index (κ2) is 9.12. The first-order valence-electron chi connectivity index (χ1n) is 10.8. The van der Waals surface area contributed by atoms with Gasteiger partial charge in [0, 0.05) is 10.9 Å². The molecule has 164 valence electrons. The minimum Gasteiger partial charge on any atom is -0.491 e. The summed E-state index contributed by atoms with van der Waals surface area (Å²) in [5.74, 6) is 0.914. The summed E-state index contributed by atoms with van der Waals surface area (Å²) in [4.78, 5) is 17.2. The van der Waals surface area contributed by atoms with E-state index in [2.05, 4.69) is 22.0 Å². The molecular formula is C27H22FN3O2. The van der Waals surface area contributed by atoms with Gasteiger partial charge in [-0.25, -0.2) is 9.37 Å². The molecule has 0 saturated heterocycles. The molecule has 0 aliphatic heterocycles. The molecule has 1 heterocycles. The van der Waals surface area contributed by atoms with Gasteiger partial charge in [0.1, 0.15) is 24.0 Å². The van der Waals surface area contributed by atoms with Gasteiger partial charge in [-0.2, -0.15) is 0 Å². The van der Waals surface area contributed by atoms with Crippen molar-refractivity contribution in [1.82, 2.24) is 14.9 Å². The zero-order valence-electron chi connectivity index (χ0n) is 17.9. The number of hydrogen-bond acceptors (Lipinski definition) is 3. The number of para-hydroxylation sites is 2. The Morgan fingerprint density at radius 3 is 2.55 bits per heavy atom. The molecule has 0 aliphatic carbocycles. The van der Waals surface area contributed by atoms with Gasteiger partial charge in [0.2, 0.25) is 0 Å². The van der Waals surface area contributed by atoms with E-state index in [0.29, 0.717) is 18.7 Å². The third-order valence-electron chi connectivity index (χ3n) is 5.57. The number of amides is 1. The summed E-state index contributed by atoms with van der Waals surface area (Å²) in [6.45, 7) is 1.28. The highest BCUT2D eigenvalue weighted by atomic mass is 19.1. The summed E-state index contributed by atoms with van der Waals surface area (Å²) in [6, 6.07) is 27.5. The van der Waals surface area contributed by atoms with Gasteiger partial charge >= 0.3 is 0 Å². The maximum Gasteiger partial charge on any atom is 0.251 e. The number of ether oxygens (including phenoxy) is 1. The van der Waals surface area contributed by atoms with Crippen LogP contribution in [0.1, 0.15) is 16.2 Å². The number of carbonyl (C=O) groups excluding carboxylic acids is 1. The fourth-order valence-electron chi connectivity index (χ4n) is 3.94. The first kappa shape index (κ1) is 20.7. The molecule has 0 aliphatic rings. The summed E-state index contributed by atoms with van der Waals surface area (Å²) in [7, 11) is 0. The number of carbonyl (C=O) groups is 1. The highest BCUT2D eigenvalue weighted by Crippen LogP contribution is 2.25. The quantitative estimate of drug-likeness (QED) is 0.373. The highest BCUT2D eigenvalue weighted by molar-refractivity contribution is 5.94. The Kier molecular flexibility index (Phi) is 5.72. The monoisotopic (exact) mass is 439 g/mol. The first-order valence-corrected chi connectivity index (χ1v) is 10.8. The summed E-state index contributed by atoms with van der Waals surface area (Å²) in [6.07, 6.45) is 0. The Balaban J connectivity index is 1.33. The average molecular weight is 439 g/mol. The minimum absolute atomic E-state index is 0.249. The van der Waals surface area contributed by atoms with E-state index in [0.717, 1.165) is 33.4 Å². The number of benzene rings is 4. The molecule has 1 N–H and O–H groups in total. The Morgan fingerprint density at radius 1 is 0.909 bits per heavy atom. The van der Waals surface area contributed by atoms with Gasteiger partial charge in [0.25, 0.3) is 5.91 Å². The first-order chi connectivity index (χ1) is 16.2. The van der Waals surface area contributed by atoms with Gasteiger partial charge in [-0.05, 0) is 47.9 Å². The fraction of sp³-hybridized carbons (Fsp3) is 0.111. The third kappa shape index (κ3) is 4.41. The molecule has 5 nitrogen and oxygen atoms in total. The minimum atomic E-state index is -0.375. The van der Waals surface area contributed by atoms with Gasteiger partial charge < -0.3 is 14.6 Å². The molecular weight excluding hydrogens is 417 g/mol. The lowest BCUT2D eigenvalue weighted by atomic mass is 10.1. The number of hydrogen-bond donors (Lipinski definition) is 1. The highest BCUT2D eigenvalue weighted by Gasteiger charge is 2.13. The molecule has 5 aromatic rings. The molecule has 33 heavy (non-hydrogen) atoms. The number of imidazole rings is 1. The predicted octanol–water partition coefficient (Wildman–Crippen LogP) is 5.34. The van der Waals surface area contributed by atoms with E-state index in [-0.39, 0.29) is 18.3 Å². The zero-order valence-corrected chi connectivity index (χ0v) is 17.9. The second-order valence-electron chi connectivity index (χ2n) is 7.68. The molecule has 0 fully saturated rings. The van der Waals surface area contributed by atoms with Crippen molar-refractivity contribution < 1.29 is 13.9 Å². The molecule has 0 spiro atoms. The molecule has 1 aromatic heterocycles. The van der Waals surface area contributed by atoms with Crippen LogP contribution in [0.15, 0.2) is 91.0 Å². The van der Waals surface area contributed by atoms with Crippen LogP contribution in [0.25, 0.3) is 21.8 Å². The Bertz CT molecular complexity index is 1420. The zero-order chi connectivity index (χ0) is 22.6. The van der Waals surface area contributed by atoms with Crippen LogP contribution in [-0.4, -0.2) is 22.1 Å². The van der Waals surface area contributed by atoms with Crippen LogP contribution < -0.4 is 10.1 Å². The predicted molar refractivity (Wildman–Crippen MR) is 127 cm³/mol. The van der Waals surface area contributed by atoms with Crippen molar-refractivity contribution in [1.29, 1.82) is 0 Å². The lowest BCUT2D eigenvalue weighted by Crippen LogP contribution is -2.25. The van der Waals surface area contributed by atoms with Crippen molar-refractivity contribution >= 4 is 27.7 Å². The van der Waals surface area contributed by atoms with Gasteiger partial charge in [-0.3, -0.25) is 4.79 Å². The van der Waals surface area contributed by atoms with E-state index in [1.807, 2.05) is 54.6 Å². The molecule has 0 atom stereocenters. The van der Waals surface area contributed by atoms with Crippen LogP contribution in [0.4, 0.5) is 4.39 Å². The topological polar surface area (TPSA) is 56.2 Å². The lowest BCUT2D eigenvalue weighted by molar-refractivity contribution is 0.0949. The lowest BCUT2D eigenvalue weighted by Gasteiger charge is -2.13. The van der Waals surface area contributed by atoms with Crippen molar-refractivity contribution in [3.05, 3.63) is 108 Å². The maximum atomic E-state index is 13.1. The largest absolute Gasteiger partial charge is 0.491 e. The van der Waals surface area contributed by atoms with Crippen molar-refractivity contribution in [3.8, 4) is 5.75 Å². The summed E-state index contributed by atoms with van der Waals surface area (Å²) in [5.41, 5.74) is 2.23. The number of rotatable bonds is 7. The van der Waals surface area contributed by atoms with Crippen LogP contribution in [0.5, 0.6) is 5.75 Å². The van der Waals surface area contributed by atoms with E-state index in [1.165, 1.54) is 24.3 Å². The van der Waals surface area contributed by atoms with Crippen LogP contribution in [0.3, 0.4) is 0 Å². The molecule has 4 aromatic carbocycles. The smallest absolute Gasteiger partial charge is 0.251 e. The summed E-state index contributed by atoms with van der Waals surface area (Å²) >= 11 is 0. The van der Waals surface area contributed by atoms with E-state index in [9.17, 15) is 9.18 Å². The van der Waals surface area contributed by atoms with Crippen LogP contribution in [0, 0.1) is 5.82 Å². The molecule has 0 radical (unpaired) electrons. The van der Waals surface area contributed by atoms with Crippen molar-refractivity contribution in [3.63, 3.8) is 0 Å². The average Bonchev–Trinajstić information content (AvgIpc) is 3.20. The van der Waals surface area contributed by atoms with Crippen molar-refractivity contribution in [2.24, 2.45) is 0 Å². The van der Waals surface area contributed by atoms with E-state index < -0.39 is 0 Å². The number of nitrogens with one attached hydrogen (secondary N) is 1. The Hall–Kier alpha value is -4.19. The standard InChI is InChI=1S/C27H22FN3O2/c28-21-14-12-20(13-15-21)27(32)29-18-26-30-23-9-3-4-10-24(23)31(26)16-17-33-25-11-5-7-19-6-1-2-8-22(19)25/h1-15H,16-18H2,(H,29,32). The maximum absolute atomic E-state index is 13.1. The number of halogens is 1. The van der Waals surface area contributed by atoms with Gasteiger partial charge in [0.15, 0.2) is 0 Å². The van der Waals surface area contributed by atoms with E-state index in [4.69, 9.17) is 9.72 Å². The van der Waals surface area contributed by atoms with Gasteiger partial charge in [-0.15, -0.1) is 0 Å². The Labute approximate surface area is 190 Å². The molecule has 5 rings (SSSR count). The van der Waals surface area contributed by atoms with Gasteiger partial charge in [0.05, 0.1) is 24.1 Å². The van der Waals surface area contributed by atoms with Crippen molar-refractivity contribution in [2.75, 3.05) is 6.61 Å². The van der Waals surface area contributed by atoms with Gasteiger partial charge in [-0.1, -0.05) is 48.5 Å². The molecule has 0 unspecified atom stereocenters. The molecule has 0 saturated carbocycles. The van der Waals surface area contributed by atoms with Crippen LogP contribution in [0.2, 0.25) is 0 Å². The number of aromatic nitrogens is 2. The normalized spacial score (nSPS) is 11.1. The molecule has 6 heteroatoms. The second-order valence-corrected chi connectivity index (χ2v) is 7.68. The third-order valence-corrected chi connectivity index (χ3v) is 5.57. The Morgan fingerprint density at radius 2 is 1.67 bits per heavy atom. The number of nitrogens with zero attached hydrogens (tertiary/aromatic N) is 2. The van der Waals surface area contributed by atoms with Crippen LogP contribution >= 0.6 is 0 Å².